The molecule has 0 aliphatic carbocycles. The third kappa shape index (κ3) is 8.65. The molecule has 1 N–H and O–H groups in total. The molecule has 0 aliphatic heterocycles. The van der Waals surface area contributed by atoms with Crippen molar-refractivity contribution in [2.24, 2.45) is 0 Å². The second-order valence-electron chi connectivity index (χ2n) is 3.77. The highest BCUT2D eigenvalue weighted by atomic mass is 35.7. The van der Waals surface area contributed by atoms with Crippen molar-refractivity contribution in [3.8, 4) is 18.1 Å². The first-order valence-corrected chi connectivity index (χ1v) is 6.89. The van der Waals surface area contributed by atoms with Crippen molar-refractivity contribution >= 4 is 0 Å². The van der Waals surface area contributed by atoms with Crippen LogP contribution in [0.1, 0.15) is 5.56 Å². The lowest BCUT2D eigenvalue weighted by Crippen LogP contribution is -2.58. The first-order valence-electron chi connectivity index (χ1n) is 5.62. The maximum atomic E-state index is 8.60. The lowest BCUT2D eigenvalue weighted by atomic mass is 10.2. The third-order valence-electron chi connectivity index (χ3n) is 2.17. The van der Waals surface area contributed by atoms with Gasteiger partial charge in [0.25, 0.3) is 0 Å². The molecule has 112 valence electrons. The number of imidazole rings is 1. The molecule has 1 aromatic heterocycles. The van der Waals surface area contributed by atoms with Gasteiger partial charge in [0, 0.05) is 18.9 Å². The summed E-state index contributed by atoms with van der Waals surface area (Å²) in [5, 5.41) is 0. The van der Waals surface area contributed by atoms with E-state index in [0.717, 1.165) is 12.3 Å². The molecule has 0 saturated carbocycles. The summed E-state index contributed by atoms with van der Waals surface area (Å²) in [7, 11) is -4.69. The Morgan fingerprint density at radius 1 is 1.29 bits per heavy atom. The van der Waals surface area contributed by atoms with E-state index in [1.165, 1.54) is 5.56 Å². The Labute approximate surface area is 123 Å². The molecule has 0 unspecified atom stereocenters. The molecule has 0 aliphatic rings. The number of hydrogen-bond acceptors (Lipinski definition) is 6. The van der Waals surface area contributed by atoms with Crippen LogP contribution in [0.15, 0.2) is 43.0 Å². The first kappa shape index (κ1) is 17.0. The van der Waals surface area contributed by atoms with Crippen LogP contribution in [-0.4, -0.2) is 20.8 Å². The number of benzene rings is 1. The highest BCUT2D eigenvalue weighted by Crippen LogP contribution is 2.12. The summed E-state index contributed by atoms with van der Waals surface area (Å²) < 4.78 is 40.0. The molecule has 0 atom stereocenters. The standard InChI is InChI=1S/C13H12N2O.ClHO4/c1-2-9-16-13-5-3-12(4-6-13)10-15-8-7-14-11-15;2-1(3,4)5/h1,3-8,11H,9-10H2;(H,2,3,4,5). The van der Waals surface area contributed by atoms with Crippen LogP contribution in [0.2, 0.25) is 0 Å². The summed E-state index contributed by atoms with van der Waals surface area (Å²) in [5.41, 5.74) is 1.20. The number of hydrogen-bond donors (Lipinski definition) is 1. The SMILES string of the molecule is C#CCOc1ccc(Cn2ccnc2)cc1.[O-][Cl+3]([O-])([O-])O. The van der Waals surface area contributed by atoms with Crippen LogP contribution in [0.4, 0.5) is 0 Å². The van der Waals surface area contributed by atoms with Crippen molar-refractivity contribution in [3.05, 3.63) is 48.5 Å². The molecule has 0 radical (unpaired) electrons. The predicted octanol–water partition coefficient (Wildman–Crippen LogP) is -2.18. The Morgan fingerprint density at radius 2 is 1.90 bits per heavy atom. The summed E-state index contributed by atoms with van der Waals surface area (Å²) in [5.74, 6) is 3.23. The molecule has 2 rings (SSSR count). The summed E-state index contributed by atoms with van der Waals surface area (Å²) in [6, 6.07) is 7.88. The second-order valence-corrected chi connectivity index (χ2v) is 4.56. The fourth-order valence-electron chi connectivity index (χ4n) is 1.41. The van der Waals surface area contributed by atoms with E-state index in [1.54, 1.807) is 12.5 Å². The molecule has 0 fully saturated rings. The van der Waals surface area contributed by atoms with Crippen molar-refractivity contribution in [3.63, 3.8) is 0 Å². The van der Waals surface area contributed by atoms with E-state index < -0.39 is 10.2 Å². The van der Waals surface area contributed by atoms with E-state index >= 15 is 0 Å². The fourth-order valence-corrected chi connectivity index (χ4v) is 1.41. The van der Waals surface area contributed by atoms with Crippen LogP contribution < -0.4 is 18.7 Å². The normalized spacial score (nSPS) is 10.2. The van der Waals surface area contributed by atoms with Gasteiger partial charge < -0.3 is 9.30 Å². The van der Waals surface area contributed by atoms with Crippen LogP contribution in [0.3, 0.4) is 0 Å². The van der Waals surface area contributed by atoms with Gasteiger partial charge in [0.15, 0.2) is 0 Å². The topological polar surface area (TPSA) is 116 Å². The molecule has 0 spiro atoms. The van der Waals surface area contributed by atoms with E-state index in [4.69, 9.17) is 29.8 Å². The molecule has 1 aromatic carbocycles. The van der Waals surface area contributed by atoms with Crippen LogP contribution in [0.5, 0.6) is 5.75 Å². The van der Waals surface area contributed by atoms with Crippen molar-refractivity contribution in [1.82, 2.24) is 9.55 Å². The van der Waals surface area contributed by atoms with Crippen molar-refractivity contribution < 1.29 is 33.6 Å². The fraction of sp³-hybridized carbons (Fsp3) is 0.154. The quantitative estimate of drug-likeness (QED) is 0.642. The smallest absolute Gasteiger partial charge is 0.148 e. The van der Waals surface area contributed by atoms with E-state index in [-0.39, 0.29) is 0 Å². The molecular weight excluding hydrogens is 300 g/mol. The zero-order valence-electron chi connectivity index (χ0n) is 10.9. The van der Waals surface area contributed by atoms with Crippen LogP contribution >= 0.6 is 0 Å². The van der Waals surface area contributed by atoms with Gasteiger partial charge in [0.2, 0.25) is 0 Å². The average Bonchev–Trinajstić information content (AvgIpc) is 2.89. The Hall–Kier alpha value is -2.08. The van der Waals surface area contributed by atoms with Crippen LogP contribution in [0, 0.1) is 22.6 Å². The average molecular weight is 313 g/mol. The minimum atomic E-state index is -4.69. The lowest BCUT2D eigenvalue weighted by Gasteiger charge is -2.05. The van der Waals surface area contributed by atoms with Crippen LogP contribution in [0.25, 0.3) is 0 Å². The van der Waals surface area contributed by atoms with E-state index in [1.807, 2.05) is 35.0 Å². The van der Waals surface area contributed by atoms with Crippen molar-refractivity contribution in [1.29, 1.82) is 0 Å². The maximum Gasteiger partial charge on any atom is 0.148 e. The Balaban J connectivity index is 0.000000383. The number of terminal acetylenes is 1. The second kappa shape index (κ2) is 8.26. The van der Waals surface area contributed by atoms with Gasteiger partial charge in [-0.2, -0.15) is 14.0 Å². The summed E-state index contributed by atoms with van der Waals surface area (Å²) in [4.78, 5) is 3.99. The van der Waals surface area contributed by atoms with Crippen LogP contribution in [-0.2, 0) is 6.54 Å². The highest BCUT2D eigenvalue weighted by Gasteiger charge is 1.99. The molecule has 8 heteroatoms. The molecule has 0 saturated heterocycles. The summed E-state index contributed by atoms with van der Waals surface area (Å²) in [6.07, 6.45) is 10.6. The van der Waals surface area contributed by atoms with Gasteiger partial charge in [-0.25, -0.2) is 4.98 Å². The van der Waals surface area contributed by atoms with Crippen molar-refractivity contribution in [2.75, 3.05) is 6.61 Å². The summed E-state index contributed by atoms with van der Waals surface area (Å²) in [6.45, 7) is 1.12. The Bertz CT molecular complexity index is 552. The van der Waals surface area contributed by atoms with Gasteiger partial charge in [-0.05, 0) is 17.7 Å². The number of ether oxygens (including phenoxy) is 1. The van der Waals surface area contributed by atoms with E-state index in [2.05, 4.69) is 10.9 Å². The number of halogens is 1. The highest BCUT2D eigenvalue weighted by molar-refractivity contribution is 5.27. The molecule has 21 heavy (non-hydrogen) atoms. The van der Waals surface area contributed by atoms with E-state index in [0.29, 0.717) is 6.61 Å². The molecule has 2 aromatic rings. The lowest BCUT2D eigenvalue weighted by molar-refractivity contribution is -1.92. The monoisotopic (exact) mass is 312 g/mol. The molecule has 7 nitrogen and oxygen atoms in total. The van der Waals surface area contributed by atoms with E-state index in [9.17, 15) is 0 Å². The Morgan fingerprint density at radius 3 is 2.38 bits per heavy atom. The molecule has 0 bridgehead atoms. The van der Waals surface area contributed by atoms with Gasteiger partial charge in [-0.1, -0.05) is 18.1 Å². The number of rotatable bonds is 4. The number of nitrogens with zero attached hydrogens (tertiary/aromatic N) is 2. The minimum Gasteiger partial charge on any atom is -0.481 e. The molecule has 1 heterocycles. The first-order chi connectivity index (χ1) is 9.88. The van der Waals surface area contributed by atoms with Gasteiger partial charge in [-0.15, -0.1) is 6.42 Å². The zero-order chi connectivity index (χ0) is 15.7. The van der Waals surface area contributed by atoms with Gasteiger partial charge in [-0.3, -0.25) is 0 Å². The predicted molar refractivity (Wildman–Crippen MR) is 64.3 cm³/mol. The Kier molecular flexibility index (Phi) is 6.68. The van der Waals surface area contributed by atoms with Gasteiger partial charge >= 0.3 is 0 Å². The van der Waals surface area contributed by atoms with Gasteiger partial charge in [0.1, 0.15) is 12.4 Å². The molecular formula is C13H13ClN2O5. The minimum absolute atomic E-state index is 0.306. The number of aromatic nitrogens is 2. The maximum absolute atomic E-state index is 8.60. The molecule has 0 amide bonds. The summed E-state index contributed by atoms with van der Waals surface area (Å²) >= 11 is 0. The zero-order valence-corrected chi connectivity index (χ0v) is 11.6. The largest absolute Gasteiger partial charge is 0.481 e. The van der Waals surface area contributed by atoms with Crippen molar-refractivity contribution in [2.45, 2.75) is 6.54 Å². The third-order valence-corrected chi connectivity index (χ3v) is 2.17. The van der Waals surface area contributed by atoms with Gasteiger partial charge in [0.05, 0.1) is 21.2 Å².